The molecule has 7 heteroatoms. The fourth-order valence-corrected chi connectivity index (χ4v) is 2.48. The van der Waals surface area contributed by atoms with Gasteiger partial charge in [-0.05, 0) is 31.2 Å². The molecule has 1 aromatic rings. The summed E-state index contributed by atoms with van der Waals surface area (Å²) in [4.78, 5) is 22.6. The molecule has 0 fully saturated rings. The Kier molecular flexibility index (Phi) is 6.87. The molecule has 0 radical (unpaired) electrons. The van der Waals surface area contributed by atoms with Gasteiger partial charge in [-0.15, -0.1) is 11.8 Å². The second-order valence-electron chi connectivity index (χ2n) is 4.33. The van der Waals surface area contributed by atoms with E-state index in [4.69, 9.17) is 9.84 Å². The average molecular weight is 313 g/mol. The van der Waals surface area contributed by atoms with Crippen molar-refractivity contribution in [3.05, 3.63) is 23.8 Å². The van der Waals surface area contributed by atoms with Gasteiger partial charge >= 0.3 is 12.1 Å². The van der Waals surface area contributed by atoms with E-state index in [1.807, 2.05) is 0 Å². The molecule has 0 spiro atoms. The molecule has 1 aromatic carbocycles. The summed E-state index contributed by atoms with van der Waals surface area (Å²) in [6.45, 7) is 3.84. The summed E-state index contributed by atoms with van der Waals surface area (Å²) >= 11 is 1.51. The Morgan fingerprint density at radius 3 is 2.76 bits per heavy atom. The molecule has 1 unspecified atom stereocenters. The van der Waals surface area contributed by atoms with Crippen LogP contribution in [0.2, 0.25) is 0 Å². The number of ether oxygens (including phenoxy) is 1. The van der Waals surface area contributed by atoms with Gasteiger partial charge in [-0.1, -0.05) is 19.4 Å². The number of hydrogen-bond acceptors (Lipinski definition) is 5. The van der Waals surface area contributed by atoms with E-state index < -0.39 is 17.8 Å². The normalized spacial score (nSPS) is 11.7. The molecule has 0 heterocycles. The van der Waals surface area contributed by atoms with Gasteiger partial charge in [0.15, 0.2) is 5.75 Å². The summed E-state index contributed by atoms with van der Waals surface area (Å²) < 4.78 is 5.11. The van der Waals surface area contributed by atoms with Crippen LogP contribution in [-0.2, 0) is 4.74 Å². The molecule has 0 aliphatic rings. The van der Waals surface area contributed by atoms with Gasteiger partial charge in [0, 0.05) is 0 Å². The lowest BCUT2D eigenvalue weighted by Gasteiger charge is -2.14. The van der Waals surface area contributed by atoms with Crippen LogP contribution in [0.25, 0.3) is 0 Å². The van der Waals surface area contributed by atoms with Gasteiger partial charge in [-0.2, -0.15) is 0 Å². The van der Waals surface area contributed by atoms with Crippen LogP contribution in [0, 0.1) is 0 Å². The Morgan fingerprint density at radius 1 is 1.43 bits per heavy atom. The molecular formula is C14H19NO5S. The number of phenols is 1. The van der Waals surface area contributed by atoms with E-state index in [0.717, 1.165) is 18.6 Å². The van der Waals surface area contributed by atoms with Crippen LogP contribution >= 0.6 is 11.8 Å². The van der Waals surface area contributed by atoms with Gasteiger partial charge in [-0.3, -0.25) is 5.32 Å². The van der Waals surface area contributed by atoms with Gasteiger partial charge < -0.3 is 14.9 Å². The summed E-state index contributed by atoms with van der Waals surface area (Å²) in [5, 5.41) is 21.0. The van der Waals surface area contributed by atoms with Crippen molar-refractivity contribution in [1.82, 2.24) is 0 Å². The van der Waals surface area contributed by atoms with Crippen molar-refractivity contribution in [1.29, 1.82) is 0 Å². The standard InChI is InChI=1S/C14H19NO5S/c1-3-4-8-21-9(2)20-14(19)15-11-7-5-6-10(12(11)16)13(17)18/h5-7,9,16H,3-4,8H2,1-2H3,(H,15,19)(H,17,18). The first-order chi connectivity index (χ1) is 9.95. The number of rotatable bonds is 7. The molecule has 0 saturated heterocycles. The minimum Gasteiger partial charge on any atom is -0.505 e. The number of unbranched alkanes of at least 4 members (excludes halogenated alkanes) is 1. The average Bonchev–Trinajstić information content (AvgIpc) is 2.41. The van der Waals surface area contributed by atoms with Crippen molar-refractivity contribution >= 4 is 29.5 Å². The summed E-state index contributed by atoms with van der Waals surface area (Å²) in [7, 11) is 0. The number of benzene rings is 1. The van der Waals surface area contributed by atoms with Gasteiger partial charge in [-0.25, -0.2) is 9.59 Å². The van der Waals surface area contributed by atoms with Crippen LogP contribution < -0.4 is 5.32 Å². The van der Waals surface area contributed by atoms with E-state index in [0.29, 0.717) is 0 Å². The van der Waals surface area contributed by atoms with Crippen molar-refractivity contribution < 1.29 is 24.5 Å². The van der Waals surface area contributed by atoms with Gasteiger partial charge in [0.1, 0.15) is 11.0 Å². The second kappa shape index (κ2) is 8.41. The van der Waals surface area contributed by atoms with Crippen LogP contribution in [0.15, 0.2) is 18.2 Å². The summed E-state index contributed by atoms with van der Waals surface area (Å²) in [5.74, 6) is -0.869. The molecule has 1 rings (SSSR count). The number of aromatic carboxylic acids is 1. The minimum atomic E-state index is -1.27. The topological polar surface area (TPSA) is 95.9 Å². The van der Waals surface area contributed by atoms with E-state index >= 15 is 0 Å². The molecule has 0 saturated carbocycles. The van der Waals surface area contributed by atoms with Crippen LogP contribution in [-0.4, -0.2) is 33.5 Å². The van der Waals surface area contributed by atoms with Crippen molar-refractivity contribution in [3.8, 4) is 5.75 Å². The second-order valence-corrected chi connectivity index (χ2v) is 5.73. The van der Waals surface area contributed by atoms with E-state index in [2.05, 4.69) is 12.2 Å². The van der Waals surface area contributed by atoms with Gasteiger partial charge in [0.2, 0.25) is 0 Å². The zero-order chi connectivity index (χ0) is 15.8. The Balaban J connectivity index is 2.59. The third-order valence-corrected chi connectivity index (χ3v) is 3.72. The van der Waals surface area contributed by atoms with Crippen molar-refractivity contribution in [2.45, 2.75) is 32.1 Å². The number of thioether (sulfide) groups is 1. The summed E-state index contributed by atoms with van der Waals surface area (Å²) in [6.07, 6.45) is 1.38. The number of hydrogen-bond donors (Lipinski definition) is 3. The van der Waals surface area contributed by atoms with E-state index in [9.17, 15) is 14.7 Å². The monoisotopic (exact) mass is 313 g/mol. The molecule has 0 aliphatic heterocycles. The Hall–Kier alpha value is -1.89. The highest BCUT2D eigenvalue weighted by molar-refractivity contribution is 7.99. The predicted molar refractivity (Wildman–Crippen MR) is 82.0 cm³/mol. The van der Waals surface area contributed by atoms with Crippen LogP contribution in [0.5, 0.6) is 5.75 Å². The van der Waals surface area contributed by atoms with Crippen LogP contribution in [0.4, 0.5) is 10.5 Å². The fourth-order valence-electron chi connectivity index (χ4n) is 1.53. The first kappa shape index (κ1) is 17.2. The number of amides is 1. The maximum absolute atomic E-state index is 11.7. The maximum atomic E-state index is 11.7. The number of para-hydroxylation sites is 1. The number of carbonyl (C=O) groups excluding carboxylic acids is 1. The number of aromatic hydroxyl groups is 1. The molecule has 1 amide bonds. The zero-order valence-corrected chi connectivity index (χ0v) is 12.8. The Morgan fingerprint density at radius 2 is 2.14 bits per heavy atom. The van der Waals surface area contributed by atoms with Crippen molar-refractivity contribution in [2.75, 3.05) is 11.1 Å². The number of anilines is 1. The van der Waals surface area contributed by atoms with E-state index in [-0.39, 0.29) is 16.7 Å². The molecule has 0 aliphatic carbocycles. The fraction of sp³-hybridized carbons (Fsp3) is 0.429. The highest BCUT2D eigenvalue weighted by atomic mass is 32.2. The third-order valence-electron chi connectivity index (χ3n) is 2.63. The quantitative estimate of drug-likeness (QED) is 0.405. The summed E-state index contributed by atoms with van der Waals surface area (Å²) in [6, 6.07) is 4.08. The molecule has 6 nitrogen and oxygen atoms in total. The van der Waals surface area contributed by atoms with E-state index in [1.165, 1.54) is 30.0 Å². The number of nitrogens with one attached hydrogen (secondary N) is 1. The highest BCUT2D eigenvalue weighted by Crippen LogP contribution is 2.27. The first-order valence-corrected chi connectivity index (χ1v) is 7.65. The van der Waals surface area contributed by atoms with Gasteiger partial charge in [0.05, 0.1) is 5.69 Å². The van der Waals surface area contributed by atoms with Crippen LogP contribution in [0.1, 0.15) is 37.0 Å². The SMILES string of the molecule is CCCCSC(C)OC(=O)Nc1cccc(C(=O)O)c1O. The lowest BCUT2D eigenvalue weighted by atomic mass is 10.2. The lowest BCUT2D eigenvalue weighted by molar-refractivity contribution is 0.0693. The number of carbonyl (C=O) groups is 2. The van der Waals surface area contributed by atoms with Crippen molar-refractivity contribution in [3.63, 3.8) is 0 Å². The Labute approximate surface area is 127 Å². The lowest BCUT2D eigenvalue weighted by Crippen LogP contribution is -2.18. The largest absolute Gasteiger partial charge is 0.505 e. The summed E-state index contributed by atoms with van der Waals surface area (Å²) in [5.41, 5.74) is -0.592. The minimum absolute atomic E-state index is 0.00524. The Bertz CT molecular complexity index is 506. The van der Waals surface area contributed by atoms with E-state index in [1.54, 1.807) is 6.92 Å². The number of carboxylic acids is 1. The molecule has 3 N–H and O–H groups in total. The smallest absolute Gasteiger partial charge is 0.412 e. The van der Waals surface area contributed by atoms with Crippen molar-refractivity contribution in [2.24, 2.45) is 0 Å². The van der Waals surface area contributed by atoms with Crippen LogP contribution in [0.3, 0.4) is 0 Å². The molecule has 21 heavy (non-hydrogen) atoms. The zero-order valence-electron chi connectivity index (χ0n) is 12.0. The molecule has 0 aromatic heterocycles. The maximum Gasteiger partial charge on any atom is 0.412 e. The molecule has 1 atom stereocenters. The third kappa shape index (κ3) is 5.55. The number of carboxylic acid groups (broad SMARTS) is 1. The predicted octanol–water partition coefficient (Wildman–Crippen LogP) is 3.52. The molecule has 0 bridgehead atoms. The molecule has 116 valence electrons. The first-order valence-electron chi connectivity index (χ1n) is 6.60. The highest BCUT2D eigenvalue weighted by Gasteiger charge is 2.16. The molecular weight excluding hydrogens is 294 g/mol. The van der Waals surface area contributed by atoms with Gasteiger partial charge in [0.25, 0.3) is 0 Å².